The molecule has 132 valence electrons. The number of nitrogens with zero attached hydrogens (tertiary/aromatic N) is 3. The van der Waals surface area contributed by atoms with Crippen LogP contribution >= 0.6 is 0 Å². The standard InChI is InChI=1S/C17H26N4O3/c1-2-18-17(19-13-14-5-3-11-23-14)21-9-7-20(8-10-21)16(22)15-6-4-12-24-15/h4,6,12,14H,2-3,5,7-11,13H2,1H3,(H,18,19). The zero-order chi connectivity index (χ0) is 16.8. The van der Waals surface area contributed by atoms with Crippen molar-refractivity contribution in [2.45, 2.75) is 25.9 Å². The predicted octanol–water partition coefficient (Wildman–Crippen LogP) is 1.18. The van der Waals surface area contributed by atoms with Crippen LogP contribution in [0.15, 0.2) is 27.8 Å². The summed E-state index contributed by atoms with van der Waals surface area (Å²) >= 11 is 0. The van der Waals surface area contributed by atoms with E-state index in [4.69, 9.17) is 14.1 Å². The fourth-order valence-corrected chi connectivity index (χ4v) is 3.08. The van der Waals surface area contributed by atoms with Gasteiger partial charge in [0.05, 0.1) is 18.9 Å². The van der Waals surface area contributed by atoms with Gasteiger partial charge in [-0.1, -0.05) is 0 Å². The van der Waals surface area contributed by atoms with Crippen molar-refractivity contribution in [2.24, 2.45) is 4.99 Å². The maximum absolute atomic E-state index is 12.3. The molecule has 2 aliphatic heterocycles. The molecule has 3 rings (SSSR count). The van der Waals surface area contributed by atoms with Crippen LogP contribution in [-0.4, -0.2) is 73.6 Å². The van der Waals surface area contributed by atoms with Crippen molar-refractivity contribution in [2.75, 3.05) is 45.9 Å². The molecule has 24 heavy (non-hydrogen) atoms. The highest BCUT2D eigenvalue weighted by molar-refractivity contribution is 5.91. The second kappa shape index (κ2) is 8.19. The third kappa shape index (κ3) is 4.08. The molecule has 7 nitrogen and oxygen atoms in total. The summed E-state index contributed by atoms with van der Waals surface area (Å²) in [7, 11) is 0. The fraction of sp³-hybridized carbons (Fsp3) is 0.647. The van der Waals surface area contributed by atoms with Crippen LogP contribution in [-0.2, 0) is 4.74 Å². The molecule has 1 aromatic rings. The number of amides is 1. The molecule has 1 aromatic heterocycles. The van der Waals surface area contributed by atoms with Crippen LogP contribution in [0.4, 0.5) is 0 Å². The van der Waals surface area contributed by atoms with Crippen molar-refractivity contribution in [3.8, 4) is 0 Å². The van der Waals surface area contributed by atoms with Crippen LogP contribution in [0, 0.1) is 0 Å². The van der Waals surface area contributed by atoms with Gasteiger partial charge in [0.2, 0.25) is 0 Å². The molecule has 0 aromatic carbocycles. The molecule has 7 heteroatoms. The Morgan fingerprint density at radius 1 is 1.33 bits per heavy atom. The van der Waals surface area contributed by atoms with Crippen molar-refractivity contribution in [3.63, 3.8) is 0 Å². The van der Waals surface area contributed by atoms with Crippen LogP contribution < -0.4 is 5.32 Å². The minimum atomic E-state index is -0.0408. The van der Waals surface area contributed by atoms with E-state index in [0.717, 1.165) is 45.0 Å². The van der Waals surface area contributed by atoms with Gasteiger partial charge in [-0.05, 0) is 31.9 Å². The van der Waals surface area contributed by atoms with Gasteiger partial charge in [-0.25, -0.2) is 0 Å². The Morgan fingerprint density at radius 3 is 2.75 bits per heavy atom. The number of ether oxygens (including phenoxy) is 1. The monoisotopic (exact) mass is 334 g/mol. The first kappa shape index (κ1) is 16.8. The third-order valence-electron chi connectivity index (χ3n) is 4.40. The van der Waals surface area contributed by atoms with Crippen LogP contribution in [0.1, 0.15) is 30.3 Å². The van der Waals surface area contributed by atoms with E-state index >= 15 is 0 Å². The average Bonchev–Trinajstić information content (AvgIpc) is 3.31. The van der Waals surface area contributed by atoms with Crippen LogP contribution in [0.25, 0.3) is 0 Å². The average molecular weight is 334 g/mol. The number of aliphatic imine (C=N–C) groups is 1. The van der Waals surface area contributed by atoms with E-state index in [9.17, 15) is 4.79 Å². The Hall–Kier alpha value is -2.02. The molecule has 2 aliphatic rings. The number of piperazine rings is 1. The second-order valence-corrected chi connectivity index (χ2v) is 6.09. The van der Waals surface area contributed by atoms with Gasteiger partial charge in [0, 0.05) is 39.3 Å². The topological polar surface area (TPSA) is 70.3 Å². The second-order valence-electron chi connectivity index (χ2n) is 6.09. The number of nitrogens with one attached hydrogen (secondary N) is 1. The van der Waals surface area contributed by atoms with Gasteiger partial charge in [0.15, 0.2) is 11.7 Å². The van der Waals surface area contributed by atoms with E-state index in [-0.39, 0.29) is 12.0 Å². The first-order valence-electron chi connectivity index (χ1n) is 8.75. The molecule has 0 bridgehead atoms. The quantitative estimate of drug-likeness (QED) is 0.661. The first-order valence-corrected chi connectivity index (χ1v) is 8.75. The lowest BCUT2D eigenvalue weighted by Gasteiger charge is -2.36. The van der Waals surface area contributed by atoms with Gasteiger partial charge in [-0.15, -0.1) is 0 Å². The maximum Gasteiger partial charge on any atom is 0.289 e. The van der Waals surface area contributed by atoms with Crippen LogP contribution in [0.5, 0.6) is 0 Å². The summed E-state index contributed by atoms with van der Waals surface area (Å²) in [5.74, 6) is 1.28. The highest BCUT2D eigenvalue weighted by Crippen LogP contribution is 2.13. The summed E-state index contributed by atoms with van der Waals surface area (Å²) in [5.41, 5.74) is 0. The van der Waals surface area contributed by atoms with E-state index in [1.807, 2.05) is 4.90 Å². The Morgan fingerprint density at radius 2 is 2.12 bits per heavy atom. The lowest BCUT2D eigenvalue weighted by atomic mass is 10.2. The molecule has 0 aliphatic carbocycles. The summed E-state index contributed by atoms with van der Waals surface area (Å²) in [4.78, 5) is 21.1. The zero-order valence-electron chi connectivity index (χ0n) is 14.2. The van der Waals surface area contributed by atoms with Crippen molar-refractivity contribution >= 4 is 11.9 Å². The van der Waals surface area contributed by atoms with E-state index in [1.165, 1.54) is 6.26 Å². The number of carbonyl (C=O) groups is 1. The van der Waals surface area contributed by atoms with Gasteiger partial charge in [0.1, 0.15) is 0 Å². The Bertz CT molecular complexity index is 544. The number of rotatable bonds is 4. The highest BCUT2D eigenvalue weighted by atomic mass is 16.5. The molecule has 0 radical (unpaired) electrons. The van der Waals surface area contributed by atoms with Gasteiger partial charge in [-0.2, -0.15) is 0 Å². The SMILES string of the molecule is CCNC(=NCC1CCCO1)N1CCN(C(=O)c2ccco2)CC1. The molecule has 2 fully saturated rings. The van der Waals surface area contributed by atoms with Gasteiger partial charge >= 0.3 is 0 Å². The lowest BCUT2D eigenvalue weighted by molar-refractivity contribution is 0.0657. The summed E-state index contributed by atoms with van der Waals surface area (Å²) in [5, 5.41) is 3.35. The molecular formula is C17H26N4O3. The number of guanidine groups is 1. The van der Waals surface area contributed by atoms with E-state index in [0.29, 0.717) is 25.4 Å². The van der Waals surface area contributed by atoms with E-state index < -0.39 is 0 Å². The van der Waals surface area contributed by atoms with Crippen molar-refractivity contribution in [1.82, 2.24) is 15.1 Å². The van der Waals surface area contributed by atoms with Crippen molar-refractivity contribution < 1.29 is 13.9 Å². The largest absolute Gasteiger partial charge is 0.459 e. The molecule has 0 spiro atoms. The summed E-state index contributed by atoms with van der Waals surface area (Å²) in [6.07, 6.45) is 4.00. The lowest BCUT2D eigenvalue weighted by Crippen LogP contribution is -2.53. The van der Waals surface area contributed by atoms with E-state index in [2.05, 4.69) is 17.1 Å². The highest BCUT2D eigenvalue weighted by Gasteiger charge is 2.25. The molecule has 3 heterocycles. The smallest absolute Gasteiger partial charge is 0.289 e. The van der Waals surface area contributed by atoms with E-state index in [1.54, 1.807) is 12.1 Å². The van der Waals surface area contributed by atoms with Crippen molar-refractivity contribution in [3.05, 3.63) is 24.2 Å². The summed E-state index contributed by atoms with van der Waals surface area (Å²) < 4.78 is 10.8. The Labute approximate surface area is 142 Å². The molecule has 0 saturated carbocycles. The number of hydrogen-bond acceptors (Lipinski definition) is 4. The Kier molecular flexibility index (Phi) is 5.74. The van der Waals surface area contributed by atoms with Gasteiger partial charge in [0.25, 0.3) is 5.91 Å². The summed E-state index contributed by atoms with van der Waals surface area (Å²) in [6.45, 7) is 7.33. The number of hydrogen-bond donors (Lipinski definition) is 1. The van der Waals surface area contributed by atoms with Gasteiger partial charge in [-0.3, -0.25) is 9.79 Å². The predicted molar refractivity (Wildman–Crippen MR) is 91.1 cm³/mol. The molecular weight excluding hydrogens is 308 g/mol. The zero-order valence-corrected chi connectivity index (χ0v) is 14.2. The number of furan rings is 1. The first-order chi connectivity index (χ1) is 11.8. The number of carbonyl (C=O) groups excluding carboxylic acids is 1. The molecule has 1 amide bonds. The Balaban J connectivity index is 1.54. The molecule has 1 N–H and O–H groups in total. The van der Waals surface area contributed by atoms with Gasteiger partial charge < -0.3 is 24.3 Å². The summed E-state index contributed by atoms with van der Waals surface area (Å²) in [6, 6.07) is 3.45. The third-order valence-corrected chi connectivity index (χ3v) is 4.40. The molecule has 1 unspecified atom stereocenters. The normalized spacial score (nSPS) is 22.0. The molecule has 1 atom stereocenters. The van der Waals surface area contributed by atoms with Crippen molar-refractivity contribution in [1.29, 1.82) is 0 Å². The maximum atomic E-state index is 12.3. The van der Waals surface area contributed by atoms with Crippen LogP contribution in [0.2, 0.25) is 0 Å². The minimum absolute atomic E-state index is 0.0408. The van der Waals surface area contributed by atoms with Crippen LogP contribution in [0.3, 0.4) is 0 Å². The molecule has 2 saturated heterocycles. The minimum Gasteiger partial charge on any atom is -0.459 e. The fourth-order valence-electron chi connectivity index (χ4n) is 3.08.